The Hall–Kier alpha value is -2.88. The number of esters is 1. The third kappa shape index (κ3) is 8.33. The second-order valence-corrected chi connectivity index (χ2v) is 9.77. The lowest BCUT2D eigenvalue weighted by Crippen LogP contribution is -2.38. The van der Waals surface area contributed by atoms with Gasteiger partial charge in [0.2, 0.25) is 0 Å². The number of methoxy groups -OCH3 is 1. The minimum Gasteiger partial charge on any atom is -0.507 e. The molecule has 1 atom stereocenters. The van der Waals surface area contributed by atoms with E-state index in [0.29, 0.717) is 25.1 Å². The summed E-state index contributed by atoms with van der Waals surface area (Å²) in [5, 5.41) is 23.6. The van der Waals surface area contributed by atoms with Crippen LogP contribution in [0.5, 0.6) is 5.75 Å². The molecule has 0 bridgehead atoms. The molecule has 5 N–H and O–H groups in total. The normalized spacial score (nSPS) is 13.5. The number of guanidine groups is 1. The first kappa shape index (κ1) is 27.2. The molecule has 0 radical (unpaired) electrons. The molecule has 1 rings (SSSR count). The number of phenols is 1. The van der Waals surface area contributed by atoms with E-state index in [0.717, 1.165) is 16.7 Å². The van der Waals surface area contributed by atoms with E-state index in [1.54, 1.807) is 5.43 Å². The van der Waals surface area contributed by atoms with Crippen LogP contribution in [0.3, 0.4) is 0 Å². The minimum atomic E-state index is -0.785. The van der Waals surface area contributed by atoms with Crippen molar-refractivity contribution in [3.63, 3.8) is 0 Å². The molecular formula is C22H37N5O5. The van der Waals surface area contributed by atoms with E-state index < -0.39 is 17.0 Å². The van der Waals surface area contributed by atoms with E-state index in [4.69, 9.17) is 10.5 Å². The zero-order valence-electron chi connectivity index (χ0n) is 20.1. The summed E-state index contributed by atoms with van der Waals surface area (Å²) in [6.45, 7) is 12.9. The molecule has 1 aromatic carbocycles. The second-order valence-electron chi connectivity index (χ2n) is 9.77. The third-order valence-electron chi connectivity index (χ3n) is 4.96. The molecule has 0 saturated carbocycles. The lowest BCUT2D eigenvalue weighted by Gasteiger charge is -2.28. The molecule has 0 spiro atoms. The standard InChI is InChI=1S/C22H37N5O5/c1-21(2,3)15-11-14(12-16(18(15)28)22(4,5)6)13-25-17(19(29)32-7)9-8-10-24-20(23)26-27(30)31/h11-12,17,25,28H,8-10,13H2,1-7H3,(H3,23,24,26)/t17-/m0/s1. The Bertz CT molecular complexity index is 805. The molecular weight excluding hydrogens is 414 g/mol. The van der Waals surface area contributed by atoms with Crippen LogP contribution in [0.15, 0.2) is 17.1 Å². The number of nitrogens with two attached hydrogens (primary N) is 1. The number of phenolic OH excluding ortho intramolecular Hbond substituents is 1. The van der Waals surface area contributed by atoms with Crippen molar-refractivity contribution in [2.75, 3.05) is 13.7 Å². The number of hydrogen-bond acceptors (Lipinski definition) is 7. The molecule has 0 unspecified atom stereocenters. The summed E-state index contributed by atoms with van der Waals surface area (Å²) >= 11 is 0. The SMILES string of the molecule is COC(=O)[C@H](CCCN=C(N)N[N+](=O)[O-])NCc1cc(C(C)(C)C)c(O)c(C(C)(C)C)c1. The van der Waals surface area contributed by atoms with E-state index in [-0.39, 0.29) is 23.3 Å². The van der Waals surface area contributed by atoms with Crippen LogP contribution < -0.4 is 16.5 Å². The molecule has 0 fully saturated rings. The monoisotopic (exact) mass is 451 g/mol. The Morgan fingerprint density at radius 2 is 1.75 bits per heavy atom. The fourth-order valence-electron chi connectivity index (χ4n) is 3.25. The predicted octanol–water partition coefficient (Wildman–Crippen LogP) is 2.49. The first-order chi connectivity index (χ1) is 14.7. The number of ether oxygens (including phenoxy) is 1. The largest absolute Gasteiger partial charge is 0.507 e. The topological polar surface area (TPSA) is 152 Å². The van der Waals surface area contributed by atoms with E-state index in [1.165, 1.54) is 7.11 Å². The second kappa shape index (κ2) is 11.1. The summed E-state index contributed by atoms with van der Waals surface area (Å²) in [5.74, 6) is -0.389. The number of hydrazine groups is 1. The smallest absolute Gasteiger partial charge is 0.322 e. The number of nitro groups is 1. The number of carbonyl (C=O) groups is 1. The van der Waals surface area contributed by atoms with E-state index in [9.17, 15) is 20.0 Å². The Morgan fingerprint density at radius 1 is 1.22 bits per heavy atom. The molecule has 32 heavy (non-hydrogen) atoms. The van der Waals surface area contributed by atoms with Gasteiger partial charge in [0.05, 0.1) is 7.11 Å². The van der Waals surface area contributed by atoms with E-state index in [1.807, 2.05) is 53.7 Å². The summed E-state index contributed by atoms with van der Waals surface area (Å²) in [4.78, 5) is 26.4. The van der Waals surface area contributed by atoms with Crippen molar-refractivity contribution in [3.05, 3.63) is 38.9 Å². The van der Waals surface area contributed by atoms with Gasteiger partial charge in [-0.05, 0) is 40.4 Å². The summed E-state index contributed by atoms with van der Waals surface area (Å²) < 4.78 is 4.90. The Balaban J connectivity index is 2.98. The van der Waals surface area contributed by atoms with Gasteiger partial charge in [-0.2, -0.15) is 0 Å². The number of nitrogens with zero attached hydrogens (tertiary/aromatic N) is 2. The maximum atomic E-state index is 12.2. The van der Waals surface area contributed by atoms with Crippen molar-refractivity contribution in [3.8, 4) is 5.75 Å². The predicted molar refractivity (Wildman–Crippen MR) is 124 cm³/mol. The first-order valence-corrected chi connectivity index (χ1v) is 10.6. The van der Waals surface area contributed by atoms with Crippen molar-refractivity contribution in [1.29, 1.82) is 0 Å². The van der Waals surface area contributed by atoms with Crippen LogP contribution in [0.1, 0.15) is 71.1 Å². The highest BCUT2D eigenvalue weighted by atomic mass is 16.7. The van der Waals surface area contributed by atoms with Crippen molar-refractivity contribution < 1.29 is 19.7 Å². The van der Waals surface area contributed by atoms with Crippen molar-refractivity contribution in [2.45, 2.75) is 77.8 Å². The minimum absolute atomic E-state index is 0.226. The molecule has 180 valence electrons. The number of nitrogens with one attached hydrogen (secondary N) is 2. The van der Waals surface area contributed by atoms with Gasteiger partial charge in [-0.25, -0.2) is 15.1 Å². The molecule has 10 nitrogen and oxygen atoms in total. The van der Waals surface area contributed by atoms with Crippen LogP contribution >= 0.6 is 0 Å². The summed E-state index contributed by atoms with van der Waals surface area (Å²) in [7, 11) is 1.32. The molecule has 1 aromatic rings. The van der Waals surface area contributed by atoms with Gasteiger partial charge in [-0.15, -0.1) is 0 Å². The number of aromatic hydroxyl groups is 1. The Kier molecular flexibility index (Phi) is 9.44. The van der Waals surface area contributed by atoms with Crippen molar-refractivity contribution >= 4 is 11.9 Å². The summed E-state index contributed by atoms with van der Waals surface area (Å²) in [6, 6.07) is 3.34. The van der Waals surface area contributed by atoms with Crippen LogP contribution in [0.2, 0.25) is 0 Å². The number of hydrogen-bond donors (Lipinski definition) is 4. The van der Waals surface area contributed by atoms with Crippen molar-refractivity contribution in [2.24, 2.45) is 10.7 Å². The fraction of sp³-hybridized carbons (Fsp3) is 0.636. The summed E-state index contributed by atoms with van der Waals surface area (Å²) in [6.07, 6.45) is 0.890. The third-order valence-corrected chi connectivity index (χ3v) is 4.96. The average molecular weight is 452 g/mol. The van der Waals surface area contributed by atoms with Crippen molar-refractivity contribution in [1.82, 2.24) is 10.7 Å². The van der Waals surface area contributed by atoms with Crippen LogP contribution in [-0.2, 0) is 26.9 Å². The van der Waals surface area contributed by atoms with Gasteiger partial charge in [0.1, 0.15) is 11.8 Å². The highest BCUT2D eigenvalue weighted by Gasteiger charge is 2.27. The van der Waals surface area contributed by atoms with Gasteiger partial charge < -0.3 is 20.9 Å². The average Bonchev–Trinajstić information content (AvgIpc) is 2.65. The number of aliphatic imine (C=N–C) groups is 1. The van der Waals surface area contributed by atoms with Crippen LogP contribution in [0.4, 0.5) is 0 Å². The van der Waals surface area contributed by atoms with Crippen LogP contribution in [0.25, 0.3) is 0 Å². The van der Waals surface area contributed by atoms with Crippen LogP contribution in [-0.4, -0.2) is 41.8 Å². The number of benzene rings is 1. The molecule has 0 heterocycles. The first-order valence-electron chi connectivity index (χ1n) is 10.6. The molecule has 0 aliphatic rings. The maximum absolute atomic E-state index is 12.2. The van der Waals surface area contributed by atoms with Gasteiger partial charge in [-0.1, -0.05) is 59.1 Å². The van der Waals surface area contributed by atoms with E-state index >= 15 is 0 Å². The zero-order valence-corrected chi connectivity index (χ0v) is 20.1. The molecule has 10 heteroatoms. The van der Waals surface area contributed by atoms with Gasteiger partial charge in [0, 0.05) is 13.1 Å². The zero-order chi connectivity index (χ0) is 24.7. The van der Waals surface area contributed by atoms with Gasteiger partial charge in [0.25, 0.3) is 5.96 Å². The van der Waals surface area contributed by atoms with E-state index in [2.05, 4.69) is 10.3 Å². The van der Waals surface area contributed by atoms with Gasteiger partial charge >= 0.3 is 5.97 Å². The molecule has 0 aromatic heterocycles. The Morgan fingerprint density at radius 3 is 2.19 bits per heavy atom. The Labute approximate surface area is 189 Å². The molecule has 0 aliphatic heterocycles. The molecule has 0 aliphatic carbocycles. The van der Waals surface area contributed by atoms with Gasteiger partial charge in [-0.3, -0.25) is 4.79 Å². The fourth-order valence-corrected chi connectivity index (χ4v) is 3.25. The quantitative estimate of drug-likeness (QED) is 0.112. The molecule has 0 saturated heterocycles. The van der Waals surface area contributed by atoms with Gasteiger partial charge in [0.15, 0.2) is 5.03 Å². The summed E-state index contributed by atoms with van der Waals surface area (Å²) in [5.41, 5.74) is 9.30. The van der Waals surface area contributed by atoms with Crippen LogP contribution in [0, 0.1) is 10.1 Å². The number of rotatable bonds is 9. The maximum Gasteiger partial charge on any atom is 0.322 e. The highest BCUT2D eigenvalue weighted by molar-refractivity contribution is 5.76. The lowest BCUT2D eigenvalue weighted by molar-refractivity contribution is -0.525. The number of carbonyl (C=O) groups excluding carboxylic acids is 1. The lowest BCUT2D eigenvalue weighted by atomic mass is 9.78. The molecule has 0 amide bonds. The highest BCUT2D eigenvalue weighted by Crippen LogP contribution is 2.39.